The SMILES string of the molecule is CCC(CC)C(=O)/C(C)=C(\O)C(CC)CC.Cn1c2ccc3ccccc3c2c2ncnc(-c3[c-]ccc4c(CC(C)(C)C)cccc34)c21.[Ir]. The van der Waals surface area contributed by atoms with Gasteiger partial charge in [-0.1, -0.05) is 113 Å². The van der Waals surface area contributed by atoms with Gasteiger partial charge in [-0.25, -0.2) is 4.98 Å². The fourth-order valence-electron chi connectivity index (χ4n) is 7.28. The molecular formula is C44H52IrN3O2-. The van der Waals surface area contributed by atoms with Crippen LogP contribution in [0.4, 0.5) is 0 Å². The van der Waals surface area contributed by atoms with Crippen molar-refractivity contribution in [3.05, 3.63) is 96.0 Å². The number of aromatic nitrogens is 3. The van der Waals surface area contributed by atoms with Crippen LogP contribution in [0.5, 0.6) is 0 Å². The van der Waals surface area contributed by atoms with Crippen LogP contribution >= 0.6 is 0 Å². The second-order valence-corrected chi connectivity index (χ2v) is 14.5. The van der Waals surface area contributed by atoms with Crippen LogP contribution in [0.25, 0.3) is 54.7 Å². The Morgan fingerprint density at radius 1 is 0.840 bits per heavy atom. The fourth-order valence-corrected chi connectivity index (χ4v) is 7.28. The molecule has 0 amide bonds. The third-order valence-corrected chi connectivity index (χ3v) is 10.0. The van der Waals surface area contributed by atoms with Crippen LogP contribution in [0.3, 0.4) is 0 Å². The first-order valence-corrected chi connectivity index (χ1v) is 17.9. The number of ketones is 1. The molecule has 0 unspecified atom stereocenters. The second kappa shape index (κ2) is 16.4. The number of rotatable bonds is 9. The minimum absolute atomic E-state index is 0. The van der Waals surface area contributed by atoms with Crippen LogP contribution in [0, 0.1) is 23.3 Å². The maximum absolute atomic E-state index is 12.1. The Hall–Kier alpha value is -3.86. The Morgan fingerprint density at radius 3 is 2.16 bits per heavy atom. The van der Waals surface area contributed by atoms with E-state index in [0.29, 0.717) is 11.3 Å². The number of fused-ring (bicyclic) bond motifs is 6. The molecule has 0 fully saturated rings. The van der Waals surface area contributed by atoms with Crippen molar-refractivity contribution in [3.8, 4) is 11.3 Å². The molecule has 1 radical (unpaired) electrons. The number of allylic oxidation sites excluding steroid dienone is 2. The van der Waals surface area contributed by atoms with Crippen LogP contribution in [0.15, 0.2) is 84.4 Å². The average Bonchev–Trinajstić information content (AvgIpc) is 3.40. The van der Waals surface area contributed by atoms with Crippen molar-refractivity contribution in [1.29, 1.82) is 0 Å². The topological polar surface area (TPSA) is 68.0 Å². The molecule has 0 atom stereocenters. The fraction of sp³-hybridized carbons (Fsp3) is 0.386. The van der Waals surface area contributed by atoms with Crippen LogP contribution in [0.2, 0.25) is 0 Å². The van der Waals surface area contributed by atoms with Gasteiger partial charge in [0.15, 0.2) is 5.78 Å². The predicted octanol–water partition coefficient (Wildman–Crippen LogP) is 11.7. The number of Topliss-reactive ketones (excluding diaryl/α,β-unsaturated/α-hetero) is 1. The van der Waals surface area contributed by atoms with Crippen molar-refractivity contribution in [2.24, 2.45) is 24.3 Å². The first-order chi connectivity index (χ1) is 23.4. The summed E-state index contributed by atoms with van der Waals surface area (Å²) in [5.74, 6) is 0.631. The van der Waals surface area contributed by atoms with Gasteiger partial charge in [-0.05, 0) is 61.3 Å². The van der Waals surface area contributed by atoms with Crippen molar-refractivity contribution in [2.75, 3.05) is 0 Å². The van der Waals surface area contributed by atoms with Crippen molar-refractivity contribution in [3.63, 3.8) is 0 Å². The standard InChI is InChI=1S/C30H26N3.C14H26O2.Ir/c1-30(2,3)17-20-10-7-13-23-21(20)12-8-14-24(23)27-29-28(32-18-31-27)26-22-11-6-5-9-19(22)15-16-25(26)33(29)4;1-6-11(7-2)13(15)10(5)14(16)12(8-3)9-4;/h5-13,15-16,18H,17H2,1-4H3;11-12,15H,6-9H2,1-5H3;/q-1;;/b;13-10-;. The second-order valence-electron chi connectivity index (χ2n) is 14.5. The number of aliphatic hydroxyl groups excluding tert-OH is 1. The summed E-state index contributed by atoms with van der Waals surface area (Å²) in [7, 11) is 2.11. The Bertz CT molecular complexity index is 2150. The summed E-state index contributed by atoms with van der Waals surface area (Å²) < 4.78 is 2.23. The molecule has 4 aromatic carbocycles. The molecule has 50 heavy (non-hydrogen) atoms. The third kappa shape index (κ3) is 7.72. The zero-order valence-corrected chi connectivity index (χ0v) is 33.5. The molecule has 265 valence electrons. The van der Waals surface area contributed by atoms with Gasteiger partial charge in [-0.15, -0.1) is 23.8 Å². The largest absolute Gasteiger partial charge is 0.512 e. The molecule has 1 N–H and O–H groups in total. The van der Waals surface area contributed by atoms with Crippen LogP contribution in [-0.4, -0.2) is 25.4 Å². The first kappa shape index (κ1) is 38.9. The minimum atomic E-state index is 0. The summed E-state index contributed by atoms with van der Waals surface area (Å²) in [4.78, 5) is 21.6. The molecule has 6 aromatic rings. The number of benzene rings is 4. The predicted molar refractivity (Wildman–Crippen MR) is 207 cm³/mol. The van der Waals surface area contributed by atoms with E-state index in [9.17, 15) is 9.90 Å². The molecule has 0 aliphatic rings. The molecule has 6 rings (SSSR count). The van der Waals surface area contributed by atoms with Gasteiger partial charge in [0.25, 0.3) is 0 Å². The first-order valence-electron chi connectivity index (χ1n) is 17.9. The monoisotopic (exact) mass is 847 g/mol. The van der Waals surface area contributed by atoms with E-state index in [0.717, 1.165) is 54.4 Å². The summed E-state index contributed by atoms with van der Waals surface area (Å²) in [5, 5.41) is 16.1. The average molecular weight is 847 g/mol. The number of hydrogen-bond acceptors (Lipinski definition) is 4. The van der Waals surface area contributed by atoms with E-state index in [1.807, 2.05) is 33.8 Å². The molecule has 0 saturated carbocycles. The Kier molecular flexibility index (Phi) is 12.8. The Labute approximate surface area is 311 Å². The maximum atomic E-state index is 12.1. The third-order valence-electron chi connectivity index (χ3n) is 10.0. The normalized spacial score (nSPS) is 12.4. The molecule has 0 bridgehead atoms. The number of aliphatic hydroxyl groups is 1. The summed E-state index contributed by atoms with van der Waals surface area (Å²) in [6, 6.07) is 27.2. The number of carbonyl (C=O) groups excluding carboxylic acids is 1. The molecule has 6 heteroatoms. The van der Waals surface area contributed by atoms with Gasteiger partial charge in [0, 0.05) is 55.6 Å². The number of carbonyl (C=O) groups is 1. The Morgan fingerprint density at radius 2 is 1.50 bits per heavy atom. The molecule has 2 aromatic heterocycles. The van der Waals surface area contributed by atoms with Crippen LogP contribution in [-0.2, 0) is 38.4 Å². The number of hydrogen-bond donors (Lipinski definition) is 1. The van der Waals surface area contributed by atoms with Crippen molar-refractivity contribution < 1.29 is 30.0 Å². The maximum Gasteiger partial charge on any atom is 0.164 e. The van der Waals surface area contributed by atoms with E-state index in [-0.39, 0.29) is 43.1 Å². The van der Waals surface area contributed by atoms with Gasteiger partial charge in [0.1, 0.15) is 12.1 Å². The summed E-state index contributed by atoms with van der Waals surface area (Å²) >= 11 is 0. The number of aryl methyl sites for hydroxylation is 1. The smallest absolute Gasteiger partial charge is 0.164 e. The van der Waals surface area contributed by atoms with Gasteiger partial charge in [-0.2, -0.15) is 0 Å². The van der Waals surface area contributed by atoms with Gasteiger partial charge in [0.2, 0.25) is 0 Å². The molecular weight excluding hydrogens is 795 g/mol. The van der Waals surface area contributed by atoms with E-state index in [1.54, 1.807) is 13.3 Å². The van der Waals surface area contributed by atoms with Crippen molar-refractivity contribution >= 4 is 49.3 Å². The van der Waals surface area contributed by atoms with E-state index in [4.69, 9.17) is 9.97 Å². The van der Waals surface area contributed by atoms with E-state index in [1.165, 1.54) is 38.0 Å². The van der Waals surface area contributed by atoms with E-state index < -0.39 is 0 Å². The minimum Gasteiger partial charge on any atom is -0.512 e. The number of nitrogens with zero attached hydrogens (tertiary/aromatic N) is 3. The summed E-state index contributed by atoms with van der Waals surface area (Å²) in [6.45, 7) is 16.7. The molecule has 0 aliphatic carbocycles. The zero-order valence-electron chi connectivity index (χ0n) is 31.1. The molecule has 0 saturated heterocycles. The van der Waals surface area contributed by atoms with Crippen LogP contribution < -0.4 is 0 Å². The van der Waals surface area contributed by atoms with Gasteiger partial charge in [-0.3, -0.25) is 9.78 Å². The zero-order chi connectivity index (χ0) is 35.5. The Balaban J connectivity index is 0.000000284. The van der Waals surface area contributed by atoms with Crippen molar-refractivity contribution in [2.45, 2.75) is 87.5 Å². The van der Waals surface area contributed by atoms with Gasteiger partial charge in [0.05, 0.1) is 16.6 Å². The molecule has 0 spiro atoms. The van der Waals surface area contributed by atoms with Gasteiger partial charge < -0.3 is 9.67 Å². The molecule has 5 nitrogen and oxygen atoms in total. The van der Waals surface area contributed by atoms with Crippen LogP contribution in [0.1, 0.15) is 86.6 Å². The quantitative estimate of drug-likeness (QED) is 0.0894. The van der Waals surface area contributed by atoms with E-state index >= 15 is 0 Å². The van der Waals surface area contributed by atoms with E-state index in [2.05, 4.69) is 99.1 Å². The summed E-state index contributed by atoms with van der Waals surface area (Å²) in [6.07, 6.45) is 6.19. The summed E-state index contributed by atoms with van der Waals surface area (Å²) in [5.41, 5.74) is 7.32. The molecule has 2 heterocycles. The van der Waals surface area contributed by atoms with Crippen molar-refractivity contribution in [1.82, 2.24) is 14.5 Å². The molecule has 0 aliphatic heterocycles. The van der Waals surface area contributed by atoms with Gasteiger partial charge >= 0.3 is 0 Å².